The van der Waals surface area contributed by atoms with Crippen LogP contribution in [0.2, 0.25) is 0 Å². The van der Waals surface area contributed by atoms with E-state index in [0.29, 0.717) is 0 Å². The molecule has 0 unspecified atom stereocenters. The van der Waals surface area contributed by atoms with Crippen LogP contribution >= 0.6 is 0 Å². The molecule has 0 aromatic carbocycles. The topological polar surface area (TPSA) is 23.8 Å². The van der Waals surface area contributed by atoms with E-state index in [1.807, 2.05) is 6.08 Å². The lowest BCUT2D eigenvalue weighted by molar-refractivity contribution is 0.674. The molecule has 0 aliphatic carbocycles. The highest BCUT2D eigenvalue weighted by Crippen LogP contribution is 2.01. The third-order valence-corrected chi connectivity index (χ3v) is 1.34. The highest BCUT2D eigenvalue weighted by Gasteiger charge is 1.82. The fourth-order valence-corrected chi connectivity index (χ4v) is 0.772. The van der Waals surface area contributed by atoms with Crippen molar-refractivity contribution in [2.24, 2.45) is 0 Å². The first kappa shape index (κ1) is 8.54. The molecule has 0 amide bonds. The molecule has 0 rings (SSSR count). The van der Waals surface area contributed by atoms with Gasteiger partial charge in [0.1, 0.15) is 0 Å². The minimum Gasteiger partial charge on any atom is -0.309 e. The van der Waals surface area contributed by atoms with E-state index in [4.69, 9.17) is 5.73 Å². The van der Waals surface area contributed by atoms with Gasteiger partial charge < -0.3 is 5.73 Å². The van der Waals surface area contributed by atoms with Crippen LogP contribution in [-0.4, -0.2) is 0 Å². The molecular weight excluding hydrogens is 110 g/mol. The lowest BCUT2D eigenvalue weighted by Gasteiger charge is -1.92. The number of allylic oxidation sites excluding steroid dienone is 1. The molecule has 1 nitrogen and oxygen atoms in total. The van der Waals surface area contributed by atoms with Gasteiger partial charge in [-0.2, -0.15) is 0 Å². The molecule has 9 heavy (non-hydrogen) atoms. The summed E-state index contributed by atoms with van der Waals surface area (Å²) in [4.78, 5) is 0. The molecule has 0 atom stereocenters. The van der Waals surface area contributed by atoms with Gasteiger partial charge >= 0.3 is 0 Å². The van der Waals surface area contributed by atoms with Gasteiger partial charge in [0.25, 0.3) is 0 Å². The highest BCUT2D eigenvalue weighted by atomic mass is 14.5. The zero-order chi connectivity index (χ0) is 6.95. The molecule has 0 spiro atoms. The predicted molar refractivity (Wildman–Crippen MR) is 41.0 cm³/mol. The van der Waals surface area contributed by atoms with Gasteiger partial charge in [-0.1, -0.05) is 32.3 Å². The first-order chi connectivity index (χ1) is 4.41. The zero-order valence-corrected chi connectivity index (χ0v) is 6.19. The molecule has 0 bridgehead atoms. The number of nitrogens with one attached hydrogen (secondary N) is 1. The van der Waals surface area contributed by atoms with Gasteiger partial charge in [0.15, 0.2) is 0 Å². The third kappa shape index (κ3) is 7.54. The maximum atomic E-state index is 6.70. The minimum atomic E-state index is 1.09. The zero-order valence-electron chi connectivity index (χ0n) is 6.19. The summed E-state index contributed by atoms with van der Waals surface area (Å²) in [6, 6.07) is 0. The summed E-state index contributed by atoms with van der Waals surface area (Å²) in [5.74, 6) is 0. The summed E-state index contributed by atoms with van der Waals surface area (Å²) >= 11 is 0. The Labute approximate surface area is 57.9 Å². The van der Waals surface area contributed by atoms with Gasteiger partial charge in [-0.25, -0.2) is 0 Å². The van der Waals surface area contributed by atoms with Crippen LogP contribution in [-0.2, 0) is 0 Å². The third-order valence-electron chi connectivity index (χ3n) is 1.34. The molecule has 1 heteroatoms. The Morgan fingerprint density at radius 2 is 2.00 bits per heavy atom. The summed E-state index contributed by atoms with van der Waals surface area (Å²) in [5, 5.41) is 0. The van der Waals surface area contributed by atoms with Gasteiger partial charge in [0, 0.05) is 6.20 Å². The maximum Gasteiger partial charge on any atom is 0.0137 e. The molecular formula is C8H16N. The van der Waals surface area contributed by atoms with Gasteiger partial charge in [-0.05, 0) is 12.8 Å². The van der Waals surface area contributed by atoms with Crippen molar-refractivity contribution in [1.29, 1.82) is 0 Å². The van der Waals surface area contributed by atoms with E-state index >= 15 is 0 Å². The summed E-state index contributed by atoms with van der Waals surface area (Å²) in [6.45, 7) is 2.21. The van der Waals surface area contributed by atoms with Crippen LogP contribution in [0.3, 0.4) is 0 Å². The van der Waals surface area contributed by atoms with Crippen molar-refractivity contribution in [3.05, 3.63) is 12.3 Å². The number of hydrogen-bond acceptors (Lipinski definition) is 0. The Bertz CT molecular complexity index is 67.0. The second-order valence-corrected chi connectivity index (χ2v) is 2.25. The van der Waals surface area contributed by atoms with Crippen LogP contribution in [0.4, 0.5) is 0 Å². The number of unbranched alkanes of at least 4 members (excludes halogenated alkanes) is 4. The lowest BCUT2D eigenvalue weighted by atomic mass is 10.1. The molecule has 53 valence electrons. The molecule has 0 aliphatic heterocycles. The molecule has 0 heterocycles. The standard InChI is InChI=1S/C8H16N/c1-2-3-4-5-6-7-8-9/h7-9H,2-6H2,1H3/b8-7+. The maximum absolute atomic E-state index is 6.70. The highest BCUT2D eigenvalue weighted by molar-refractivity contribution is 4.74. The second-order valence-electron chi connectivity index (χ2n) is 2.25. The van der Waals surface area contributed by atoms with Crippen molar-refractivity contribution in [2.75, 3.05) is 0 Å². The quantitative estimate of drug-likeness (QED) is 0.506. The van der Waals surface area contributed by atoms with Crippen LogP contribution in [0, 0.1) is 0 Å². The normalized spacial score (nSPS) is 10.8. The van der Waals surface area contributed by atoms with E-state index in [2.05, 4.69) is 6.92 Å². The number of hydrogen-bond donors (Lipinski definition) is 0. The van der Waals surface area contributed by atoms with E-state index in [-0.39, 0.29) is 0 Å². The first-order valence-electron chi connectivity index (χ1n) is 3.74. The first-order valence-corrected chi connectivity index (χ1v) is 3.74. The van der Waals surface area contributed by atoms with Crippen molar-refractivity contribution in [3.8, 4) is 0 Å². The van der Waals surface area contributed by atoms with E-state index < -0.39 is 0 Å². The van der Waals surface area contributed by atoms with Crippen molar-refractivity contribution in [3.63, 3.8) is 0 Å². The molecule has 0 saturated heterocycles. The average Bonchev–Trinajstić information content (AvgIpc) is 1.89. The SMILES string of the molecule is CCCCCC/C=C/[NH]. The number of rotatable bonds is 5. The van der Waals surface area contributed by atoms with Crippen LogP contribution in [0.1, 0.15) is 39.0 Å². The Morgan fingerprint density at radius 3 is 2.56 bits per heavy atom. The molecule has 0 fully saturated rings. The summed E-state index contributed by atoms with van der Waals surface area (Å²) in [5.41, 5.74) is 6.70. The molecule has 1 N–H and O–H groups in total. The van der Waals surface area contributed by atoms with Crippen LogP contribution in [0.5, 0.6) is 0 Å². The Hall–Kier alpha value is -0.460. The van der Waals surface area contributed by atoms with Gasteiger partial charge in [0.05, 0.1) is 0 Å². The summed E-state index contributed by atoms with van der Waals surface area (Å²) in [7, 11) is 0. The van der Waals surface area contributed by atoms with Gasteiger partial charge in [-0.15, -0.1) is 0 Å². The molecule has 0 aromatic rings. The van der Waals surface area contributed by atoms with E-state index in [9.17, 15) is 0 Å². The van der Waals surface area contributed by atoms with Gasteiger partial charge in [-0.3, -0.25) is 0 Å². The van der Waals surface area contributed by atoms with Crippen LogP contribution in [0.25, 0.3) is 0 Å². The molecule has 0 aromatic heterocycles. The molecule has 0 aliphatic rings. The van der Waals surface area contributed by atoms with Crippen LogP contribution in [0.15, 0.2) is 12.3 Å². The average molecular weight is 126 g/mol. The Balaban J connectivity index is 2.75. The van der Waals surface area contributed by atoms with E-state index in [1.165, 1.54) is 31.9 Å². The largest absolute Gasteiger partial charge is 0.309 e. The molecule has 0 saturated carbocycles. The van der Waals surface area contributed by atoms with Crippen molar-refractivity contribution in [2.45, 2.75) is 39.0 Å². The minimum absolute atomic E-state index is 1.09. The van der Waals surface area contributed by atoms with E-state index in [0.717, 1.165) is 6.42 Å². The fourth-order valence-electron chi connectivity index (χ4n) is 0.772. The smallest absolute Gasteiger partial charge is 0.0137 e. The van der Waals surface area contributed by atoms with Crippen molar-refractivity contribution >= 4 is 0 Å². The van der Waals surface area contributed by atoms with Crippen molar-refractivity contribution in [1.82, 2.24) is 5.73 Å². The summed E-state index contributed by atoms with van der Waals surface area (Å²) < 4.78 is 0. The van der Waals surface area contributed by atoms with Gasteiger partial charge in [0.2, 0.25) is 0 Å². The fraction of sp³-hybridized carbons (Fsp3) is 0.750. The summed E-state index contributed by atoms with van der Waals surface area (Å²) in [6.07, 6.45) is 9.59. The molecule has 1 radical (unpaired) electrons. The van der Waals surface area contributed by atoms with E-state index in [1.54, 1.807) is 0 Å². The van der Waals surface area contributed by atoms with Crippen LogP contribution < -0.4 is 5.73 Å². The Morgan fingerprint density at radius 1 is 1.22 bits per heavy atom. The monoisotopic (exact) mass is 126 g/mol. The van der Waals surface area contributed by atoms with Crippen molar-refractivity contribution < 1.29 is 0 Å². The Kier molecular flexibility index (Phi) is 7.15. The predicted octanol–water partition coefficient (Wildman–Crippen LogP) is 2.75. The second kappa shape index (κ2) is 7.54. The lowest BCUT2D eigenvalue weighted by Crippen LogP contribution is -1.73.